The third-order valence-corrected chi connectivity index (χ3v) is 3.63. The van der Waals surface area contributed by atoms with Crippen LogP contribution in [0.25, 0.3) is 0 Å². The first-order valence-electron chi connectivity index (χ1n) is 6.59. The quantitative estimate of drug-likeness (QED) is 0.833. The molecule has 0 bridgehead atoms. The van der Waals surface area contributed by atoms with E-state index in [1.165, 1.54) is 0 Å². The molecule has 1 saturated heterocycles. The lowest BCUT2D eigenvalue weighted by Crippen LogP contribution is -2.58. The van der Waals surface area contributed by atoms with Gasteiger partial charge in [-0.15, -0.1) is 0 Å². The van der Waals surface area contributed by atoms with Gasteiger partial charge in [0.2, 0.25) is 0 Å². The predicted octanol–water partition coefficient (Wildman–Crippen LogP) is 0.986. The van der Waals surface area contributed by atoms with Crippen molar-refractivity contribution in [3.05, 3.63) is 22.9 Å². The van der Waals surface area contributed by atoms with Crippen molar-refractivity contribution in [2.24, 2.45) is 5.73 Å². The van der Waals surface area contributed by atoms with Crippen LogP contribution < -0.4 is 16.0 Å². The Bertz CT molecular complexity index is 510. The van der Waals surface area contributed by atoms with Crippen LogP contribution in [0.3, 0.4) is 0 Å². The summed E-state index contributed by atoms with van der Waals surface area (Å²) in [6.45, 7) is 10.7. The summed E-state index contributed by atoms with van der Waals surface area (Å²) < 4.78 is 0. The SMILES string of the molecule is Cc1cc(C)c(C(N)=O)c(N2CCNCC2(C)C)n1. The van der Waals surface area contributed by atoms with Crippen LogP contribution in [0.2, 0.25) is 0 Å². The maximum atomic E-state index is 11.7. The molecule has 3 N–H and O–H groups in total. The molecule has 0 spiro atoms. The molecule has 1 aromatic heterocycles. The molecule has 1 aromatic rings. The van der Waals surface area contributed by atoms with Gasteiger partial charge in [-0.25, -0.2) is 4.98 Å². The third kappa shape index (κ3) is 2.56. The second kappa shape index (κ2) is 4.81. The topological polar surface area (TPSA) is 71.2 Å². The monoisotopic (exact) mass is 262 g/mol. The van der Waals surface area contributed by atoms with E-state index in [1.807, 2.05) is 19.9 Å². The van der Waals surface area contributed by atoms with Gasteiger partial charge >= 0.3 is 0 Å². The van der Waals surface area contributed by atoms with E-state index in [4.69, 9.17) is 5.73 Å². The summed E-state index contributed by atoms with van der Waals surface area (Å²) in [6, 6.07) is 1.90. The lowest BCUT2D eigenvalue weighted by Gasteiger charge is -2.44. The van der Waals surface area contributed by atoms with Gasteiger partial charge in [-0.3, -0.25) is 4.79 Å². The van der Waals surface area contributed by atoms with E-state index in [2.05, 4.69) is 29.0 Å². The zero-order valence-electron chi connectivity index (χ0n) is 12.1. The lowest BCUT2D eigenvalue weighted by molar-refractivity contribution is 0.0999. The maximum absolute atomic E-state index is 11.7. The van der Waals surface area contributed by atoms with Crippen LogP contribution in [0.15, 0.2) is 6.07 Å². The van der Waals surface area contributed by atoms with E-state index in [9.17, 15) is 4.79 Å². The standard InChI is InChI=1S/C14H22N4O/c1-9-7-10(2)17-13(11(9)12(15)19)18-6-5-16-8-14(18,3)4/h7,16H,5-6,8H2,1-4H3,(H2,15,19). The Morgan fingerprint density at radius 3 is 2.74 bits per heavy atom. The zero-order chi connectivity index (χ0) is 14.2. The Hall–Kier alpha value is -1.62. The Morgan fingerprint density at radius 1 is 1.47 bits per heavy atom. The van der Waals surface area contributed by atoms with Crippen molar-refractivity contribution in [1.82, 2.24) is 10.3 Å². The molecule has 0 radical (unpaired) electrons. The largest absolute Gasteiger partial charge is 0.365 e. The van der Waals surface area contributed by atoms with Crippen molar-refractivity contribution in [2.75, 3.05) is 24.5 Å². The zero-order valence-corrected chi connectivity index (χ0v) is 12.1. The third-order valence-electron chi connectivity index (χ3n) is 3.63. The summed E-state index contributed by atoms with van der Waals surface area (Å²) in [4.78, 5) is 18.5. The van der Waals surface area contributed by atoms with Gasteiger partial charge in [0, 0.05) is 30.9 Å². The predicted molar refractivity (Wildman–Crippen MR) is 76.5 cm³/mol. The van der Waals surface area contributed by atoms with Gasteiger partial charge < -0.3 is 16.0 Å². The number of anilines is 1. The van der Waals surface area contributed by atoms with E-state index >= 15 is 0 Å². The molecule has 0 aromatic carbocycles. The van der Waals surface area contributed by atoms with Crippen LogP contribution in [-0.2, 0) is 0 Å². The number of nitrogens with one attached hydrogen (secondary N) is 1. The van der Waals surface area contributed by atoms with Crippen LogP contribution in [0.1, 0.15) is 35.5 Å². The molecule has 5 heteroatoms. The first kappa shape index (κ1) is 13.8. The van der Waals surface area contributed by atoms with E-state index in [0.717, 1.165) is 36.7 Å². The van der Waals surface area contributed by atoms with E-state index in [-0.39, 0.29) is 5.54 Å². The average Bonchev–Trinajstić information content (AvgIpc) is 2.26. The molecule has 104 valence electrons. The van der Waals surface area contributed by atoms with Crippen molar-refractivity contribution in [3.63, 3.8) is 0 Å². The van der Waals surface area contributed by atoms with Gasteiger partial charge in [-0.2, -0.15) is 0 Å². The van der Waals surface area contributed by atoms with E-state index in [0.29, 0.717) is 5.56 Å². The van der Waals surface area contributed by atoms with Crippen LogP contribution in [0.4, 0.5) is 5.82 Å². The molecule has 2 rings (SSSR count). The van der Waals surface area contributed by atoms with E-state index in [1.54, 1.807) is 0 Å². The first-order chi connectivity index (χ1) is 8.83. The van der Waals surface area contributed by atoms with Gasteiger partial charge in [0.1, 0.15) is 5.82 Å². The molecular weight excluding hydrogens is 240 g/mol. The van der Waals surface area contributed by atoms with Gasteiger partial charge in [0.25, 0.3) is 5.91 Å². The average molecular weight is 262 g/mol. The van der Waals surface area contributed by atoms with Crippen molar-refractivity contribution < 1.29 is 4.79 Å². The Morgan fingerprint density at radius 2 is 2.16 bits per heavy atom. The van der Waals surface area contributed by atoms with Gasteiger partial charge in [-0.1, -0.05) is 0 Å². The van der Waals surface area contributed by atoms with Crippen LogP contribution in [-0.4, -0.2) is 36.1 Å². The molecule has 1 fully saturated rings. The smallest absolute Gasteiger partial charge is 0.252 e. The number of nitrogens with zero attached hydrogens (tertiary/aromatic N) is 2. The highest BCUT2D eigenvalue weighted by Crippen LogP contribution is 2.29. The number of hydrogen-bond acceptors (Lipinski definition) is 4. The fourth-order valence-corrected chi connectivity index (χ4v) is 2.69. The minimum Gasteiger partial charge on any atom is -0.365 e. The Labute approximate surface area is 114 Å². The molecule has 1 aliphatic rings. The molecule has 0 unspecified atom stereocenters. The summed E-state index contributed by atoms with van der Waals surface area (Å²) in [5.41, 5.74) is 7.80. The molecule has 5 nitrogen and oxygen atoms in total. The van der Waals surface area contributed by atoms with E-state index < -0.39 is 5.91 Å². The number of carbonyl (C=O) groups excluding carboxylic acids is 1. The van der Waals surface area contributed by atoms with Gasteiger partial charge in [0.05, 0.1) is 5.56 Å². The summed E-state index contributed by atoms with van der Waals surface area (Å²) in [5, 5.41) is 3.37. The fraction of sp³-hybridized carbons (Fsp3) is 0.571. The molecule has 0 atom stereocenters. The summed E-state index contributed by atoms with van der Waals surface area (Å²) in [7, 11) is 0. The Kier molecular flexibility index (Phi) is 3.49. The molecule has 0 saturated carbocycles. The molecule has 19 heavy (non-hydrogen) atoms. The molecule has 0 aliphatic carbocycles. The number of nitrogens with two attached hydrogens (primary N) is 1. The first-order valence-corrected chi connectivity index (χ1v) is 6.59. The number of aryl methyl sites for hydroxylation is 2. The number of carbonyl (C=O) groups is 1. The molecule has 1 aliphatic heterocycles. The fourth-order valence-electron chi connectivity index (χ4n) is 2.69. The minimum absolute atomic E-state index is 0.0876. The van der Waals surface area contributed by atoms with Crippen molar-refractivity contribution in [2.45, 2.75) is 33.2 Å². The number of pyridine rings is 1. The van der Waals surface area contributed by atoms with Gasteiger partial charge in [-0.05, 0) is 39.3 Å². The highest BCUT2D eigenvalue weighted by atomic mass is 16.1. The number of aromatic nitrogens is 1. The minimum atomic E-state index is -0.408. The summed E-state index contributed by atoms with van der Waals surface area (Å²) in [5.74, 6) is 0.311. The number of hydrogen-bond donors (Lipinski definition) is 2. The van der Waals surface area contributed by atoms with Crippen molar-refractivity contribution in [1.29, 1.82) is 0 Å². The summed E-state index contributed by atoms with van der Waals surface area (Å²) in [6.07, 6.45) is 0. The second-order valence-corrected chi connectivity index (χ2v) is 5.78. The summed E-state index contributed by atoms with van der Waals surface area (Å²) >= 11 is 0. The highest BCUT2D eigenvalue weighted by molar-refractivity contribution is 5.99. The van der Waals surface area contributed by atoms with Crippen LogP contribution >= 0.6 is 0 Å². The molecule has 1 amide bonds. The number of primary amides is 1. The number of amides is 1. The number of piperazine rings is 1. The molecular formula is C14H22N4O. The Balaban J connectivity index is 2.57. The highest BCUT2D eigenvalue weighted by Gasteiger charge is 2.33. The number of rotatable bonds is 2. The molecule has 2 heterocycles. The van der Waals surface area contributed by atoms with Crippen LogP contribution in [0, 0.1) is 13.8 Å². The van der Waals surface area contributed by atoms with Crippen molar-refractivity contribution >= 4 is 11.7 Å². The van der Waals surface area contributed by atoms with Crippen LogP contribution in [0.5, 0.6) is 0 Å². The lowest BCUT2D eigenvalue weighted by atomic mass is 9.98. The van der Waals surface area contributed by atoms with Crippen molar-refractivity contribution in [3.8, 4) is 0 Å². The van der Waals surface area contributed by atoms with Gasteiger partial charge in [0.15, 0.2) is 0 Å². The second-order valence-electron chi connectivity index (χ2n) is 5.78. The normalized spacial score (nSPS) is 18.4. The maximum Gasteiger partial charge on any atom is 0.252 e.